The molecule has 6 nitrogen and oxygen atoms in total. The Bertz CT molecular complexity index is 433. The minimum Gasteiger partial charge on any atom is -0.492 e. The molecule has 1 aromatic carbocycles. The van der Waals surface area contributed by atoms with Gasteiger partial charge in [0.25, 0.3) is 0 Å². The van der Waals surface area contributed by atoms with Crippen LogP contribution in [0.15, 0.2) is 18.2 Å². The zero-order valence-corrected chi connectivity index (χ0v) is 11.8. The van der Waals surface area contributed by atoms with Gasteiger partial charge in [0.1, 0.15) is 12.4 Å². The normalized spacial score (nSPS) is 10.8. The van der Waals surface area contributed by atoms with E-state index in [0.717, 1.165) is 6.54 Å². The van der Waals surface area contributed by atoms with E-state index in [4.69, 9.17) is 9.47 Å². The van der Waals surface area contributed by atoms with Crippen molar-refractivity contribution in [3.05, 3.63) is 28.3 Å². The van der Waals surface area contributed by atoms with Gasteiger partial charge in [-0.05, 0) is 34.0 Å². The lowest BCUT2D eigenvalue weighted by Crippen LogP contribution is -2.19. The third-order valence-electron chi connectivity index (χ3n) is 2.30. The highest BCUT2D eigenvalue weighted by atomic mass is 16.6. The van der Waals surface area contributed by atoms with E-state index >= 15 is 0 Å². The largest absolute Gasteiger partial charge is 0.492 e. The van der Waals surface area contributed by atoms with Gasteiger partial charge in [-0.25, -0.2) is 0 Å². The molecule has 0 aliphatic heterocycles. The second-order valence-corrected chi connectivity index (χ2v) is 4.70. The standard InChI is InChI=1S/C13H20N2O4/c1-10(2)19-13-9-11(18-8-7-14(3)4)5-6-12(13)15(16)17/h5-6,9-10H,7-8H2,1-4H3. The fourth-order valence-electron chi connectivity index (χ4n) is 1.43. The molecule has 0 aliphatic carbocycles. The first-order chi connectivity index (χ1) is 8.90. The van der Waals surface area contributed by atoms with Crippen LogP contribution in [0.2, 0.25) is 0 Å². The maximum atomic E-state index is 10.9. The lowest BCUT2D eigenvalue weighted by atomic mass is 10.2. The molecule has 0 saturated carbocycles. The Kier molecular flexibility index (Phi) is 5.57. The number of ether oxygens (including phenoxy) is 2. The summed E-state index contributed by atoms with van der Waals surface area (Å²) in [6, 6.07) is 4.55. The smallest absolute Gasteiger partial charge is 0.311 e. The number of hydrogen-bond donors (Lipinski definition) is 0. The fraction of sp³-hybridized carbons (Fsp3) is 0.538. The topological polar surface area (TPSA) is 64.8 Å². The molecular formula is C13H20N2O4. The second kappa shape index (κ2) is 6.94. The van der Waals surface area contributed by atoms with Gasteiger partial charge < -0.3 is 14.4 Å². The van der Waals surface area contributed by atoms with Crippen LogP contribution in [0.25, 0.3) is 0 Å². The Labute approximate surface area is 113 Å². The van der Waals surface area contributed by atoms with Crippen LogP contribution < -0.4 is 9.47 Å². The van der Waals surface area contributed by atoms with E-state index < -0.39 is 4.92 Å². The van der Waals surface area contributed by atoms with Gasteiger partial charge in [0, 0.05) is 18.7 Å². The van der Waals surface area contributed by atoms with Gasteiger partial charge in [0.15, 0.2) is 0 Å². The highest BCUT2D eigenvalue weighted by molar-refractivity contribution is 5.50. The highest BCUT2D eigenvalue weighted by Gasteiger charge is 2.17. The summed E-state index contributed by atoms with van der Waals surface area (Å²) in [6.45, 7) is 4.94. The van der Waals surface area contributed by atoms with Crippen molar-refractivity contribution in [2.24, 2.45) is 0 Å². The molecule has 0 fully saturated rings. The fourth-order valence-corrected chi connectivity index (χ4v) is 1.43. The van der Waals surface area contributed by atoms with Crippen molar-refractivity contribution in [2.75, 3.05) is 27.2 Å². The molecule has 19 heavy (non-hydrogen) atoms. The van der Waals surface area contributed by atoms with E-state index in [9.17, 15) is 10.1 Å². The molecule has 0 N–H and O–H groups in total. The van der Waals surface area contributed by atoms with Gasteiger partial charge in [-0.1, -0.05) is 0 Å². The minimum absolute atomic E-state index is 0.0475. The van der Waals surface area contributed by atoms with E-state index in [-0.39, 0.29) is 17.5 Å². The molecule has 0 aliphatic rings. The van der Waals surface area contributed by atoms with Crippen molar-refractivity contribution in [1.82, 2.24) is 4.90 Å². The number of nitrogens with zero attached hydrogens (tertiary/aromatic N) is 2. The van der Waals surface area contributed by atoms with Gasteiger partial charge in [-0.2, -0.15) is 0 Å². The number of hydrogen-bond acceptors (Lipinski definition) is 5. The van der Waals surface area contributed by atoms with Crippen molar-refractivity contribution < 1.29 is 14.4 Å². The average Bonchev–Trinajstić information content (AvgIpc) is 2.27. The SMILES string of the molecule is CC(C)Oc1cc(OCCN(C)C)ccc1[N+](=O)[O-]. The van der Waals surface area contributed by atoms with Crippen molar-refractivity contribution in [3.8, 4) is 11.5 Å². The highest BCUT2D eigenvalue weighted by Crippen LogP contribution is 2.31. The number of nitro benzene ring substituents is 1. The molecule has 6 heteroatoms. The van der Waals surface area contributed by atoms with Crippen LogP contribution in [0.5, 0.6) is 11.5 Å². The Balaban J connectivity index is 2.82. The van der Waals surface area contributed by atoms with Crippen LogP contribution in [0, 0.1) is 10.1 Å². The summed E-state index contributed by atoms with van der Waals surface area (Å²) in [7, 11) is 3.90. The summed E-state index contributed by atoms with van der Waals surface area (Å²) in [6.07, 6.45) is -0.129. The third kappa shape index (κ3) is 5.13. The number of rotatable bonds is 7. The summed E-state index contributed by atoms with van der Waals surface area (Å²) in [5.74, 6) is 0.811. The molecule has 1 rings (SSSR count). The van der Waals surface area contributed by atoms with Crippen molar-refractivity contribution in [2.45, 2.75) is 20.0 Å². The molecular weight excluding hydrogens is 248 g/mol. The predicted octanol–water partition coefficient (Wildman–Crippen LogP) is 2.32. The number of nitro groups is 1. The van der Waals surface area contributed by atoms with E-state index in [2.05, 4.69) is 0 Å². The Morgan fingerprint density at radius 1 is 1.37 bits per heavy atom. The second-order valence-electron chi connectivity index (χ2n) is 4.70. The van der Waals surface area contributed by atoms with Gasteiger partial charge in [-0.15, -0.1) is 0 Å². The number of benzene rings is 1. The van der Waals surface area contributed by atoms with Gasteiger partial charge in [0.05, 0.1) is 11.0 Å². The van der Waals surface area contributed by atoms with E-state index in [1.165, 1.54) is 6.07 Å². The monoisotopic (exact) mass is 268 g/mol. The third-order valence-corrected chi connectivity index (χ3v) is 2.30. The van der Waals surface area contributed by atoms with Crippen LogP contribution >= 0.6 is 0 Å². The first kappa shape index (κ1) is 15.2. The quantitative estimate of drug-likeness (QED) is 0.561. The molecule has 106 valence electrons. The summed E-state index contributed by atoms with van der Waals surface area (Å²) < 4.78 is 11.0. The average molecular weight is 268 g/mol. The zero-order valence-electron chi connectivity index (χ0n) is 11.8. The molecule has 0 unspecified atom stereocenters. The molecule has 0 atom stereocenters. The van der Waals surface area contributed by atoms with Crippen LogP contribution in [-0.2, 0) is 0 Å². The van der Waals surface area contributed by atoms with E-state index in [0.29, 0.717) is 12.4 Å². The number of likely N-dealkylation sites (N-methyl/N-ethyl adjacent to an activating group) is 1. The maximum Gasteiger partial charge on any atom is 0.311 e. The first-order valence-corrected chi connectivity index (χ1v) is 6.12. The first-order valence-electron chi connectivity index (χ1n) is 6.12. The Morgan fingerprint density at radius 2 is 2.05 bits per heavy atom. The lowest BCUT2D eigenvalue weighted by molar-refractivity contribution is -0.386. The van der Waals surface area contributed by atoms with E-state index in [1.807, 2.05) is 32.8 Å². The van der Waals surface area contributed by atoms with Gasteiger partial charge in [-0.3, -0.25) is 10.1 Å². The summed E-state index contributed by atoms with van der Waals surface area (Å²) in [5.41, 5.74) is -0.0475. The summed E-state index contributed by atoms with van der Waals surface area (Å²) >= 11 is 0. The van der Waals surface area contributed by atoms with Crippen LogP contribution in [0.3, 0.4) is 0 Å². The van der Waals surface area contributed by atoms with E-state index in [1.54, 1.807) is 12.1 Å². The van der Waals surface area contributed by atoms with Crippen LogP contribution in [-0.4, -0.2) is 43.2 Å². The van der Waals surface area contributed by atoms with Crippen LogP contribution in [0.4, 0.5) is 5.69 Å². The molecule has 0 spiro atoms. The minimum atomic E-state index is -0.457. The molecule has 1 aromatic rings. The maximum absolute atomic E-state index is 10.9. The lowest BCUT2D eigenvalue weighted by Gasteiger charge is -2.13. The van der Waals surface area contributed by atoms with Gasteiger partial charge >= 0.3 is 5.69 Å². The molecule has 0 radical (unpaired) electrons. The zero-order chi connectivity index (χ0) is 14.4. The van der Waals surface area contributed by atoms with Crippen LogP contribution in [0.1, 0.15) is 13.8 Å². The predicted molar refractivity (Wildman–Crippen MR) is 72.9 cm³/mol. The van der Waals surface area contributed by atoms with Gasteiger partial charge in [0.2, 0.25) is 5.75 Å². The summed E-state index contributed by atoms with van der Waals surface area (Å²) in [5, 5.41) is 10.9. The van der Waals surface area contributed by atoms with Crippen molar-refractivity contribution in [3.63, 3.8) is 0 Å². The Hall–Kier alpha value is -1.82. The molecule has 0 saturated heterocycles. The molecule has 0 heterocycles. The molecule has 0 aromatic heterocycles. The molecule has 0 bridgehead atoms. The Morgan fingerprint density at radius 3 is 2.58 bits per heavy atom. The van der Waals surface area contributed by atoms with Crippen molar-refractivity contribution >= 4 is 5.69 Å². The molecule has 0 amide bonds. The van der Waals surface area contributed by atoms with Crippen molar-refractivity contribution in [1.29, 1.82) is 0 Å². The summed E-state index contributed by atoms with van der Waals surface area (Å²) in [4.78, 5) is 12.4.